The summed E-state index contributed by atoms with van der Waals surface area (Å²) in [6, 6.07) is 8.59. The summed E-state index contributed by atoms with van der Waals surface area (Å²) in [7, 11) is 1.84. The standard InChI is InChI=1S/C19H31N3OS.HI/c1-4-16-8-6-7-9-17(16)14-21-18(20-3)22-15-19(24-5-2)10-12-23-13-11-19;/h6-9H,4-5,10-15H2,1-3H3,(H2,20,21,22);1H. The van der Waals surface area contributed by atoms with Gasteiger partial charge in [-0.25, -0.2) is 0 Å². The zero-order chi connectivity index (χ0) is 17.3. The Morgan fingerprint density at radius 1 is 1.16 bits per heavy atom. The number of aryl methyl sites for hydroxylation is 1. The Balaban J connectivity index is 0.00000312. The lowest BCUT2D eigenvalue weighted by Gasteiger charge is -2.37. The highest BCUT2D eigenvalue weighted by Crippen LogP contribution is 2.34. The highest BCUT2D eigenvalue weighted by atomic mass is 127. The number of nitrogens with zero attached hydrogens (tertiary/aromatic N) is 1. The molecule has 1 aliphatic heterocycles. The van der Waals surface area contributed by atoms with Crippen molar-refractivity contribution in [1.82, 2.24) is 10.6 Å². The highest BCUT2D eigenvalue weighted by molar-refractivity contribution is 14.0. The molecule has 142 valence electrons. The normalized spacial score (nSPS) is 16.8. The van der Waals surface area contributed by atoms with Gasteiger partial charge in [-0.2, -0.15) is 11.8 Å². The summed E-state index contributed by atoms with van der Waals surface area (Å²) in [5.41, 5.74) is 2.73. The molecular weight excluding hydrogens is 445 g/mol. The number of hydrogen-bond donors (Lipinski definition) is 2. The van der Waals surface area contributed by atoms with Crippen molar-refractivity contribution in [3.05, 3.63) is 35.4 Å². The number of thioether (sulfide) groups is 1. The lowest BCUT2D eigenvalue weighted by molar-refractivity contribution is 0.0782. The van der Waals surface area contributed by atoms with Crippen molar-refractivity contribution in [3.8, 4) is 0 Å². The third-order valence-corrected chi connectivity index (χ3v) is 6.06. The zero-order valence-electron chi connectivity index (χ0n) is 15.6. The van der Waals surface area contributed by atoms with Crippen molar-refractivity contribution in [3.63, 3.8) is 0 Å². The van der Waals surface area contributed by atoms with Crippen LogP contribution < -0.4 is 10.6 Å². The molecule has 4 nitrogen and oxygen atoms in total. The first-order valence-electron chi connectivity index (χ1n) is 8.96. The summed E-state index contributed by atoms with van der Waals surface area (Å²) in [4.78, 5) is 4.39. The van der Waals surface area contributed by atoms with Gasteiger partial charge in [0.05, 0.1) is 0 Å². The maximum atomic E-state index is 5.55. The molecule has 1 aliphatic rings. The fraction of sp³-hybridized carbons (Fsp3) is 0.632. The molecule has 1 saturated heterocycles. The quantitative estimate of drug-likeness (QED) is 0.356. The van der Waals surface area contributed by atoms with E-state index in [0.717, 1.165) is 57.3 Å². The minimum absolute atomic E-state index is 0. The summed E-state index contributed by atoms with van der Waals surface area (Å²) >= 11 is 2.05. The molecule has 0 aromatic heterocycles. The lowest BCUT2D eigenvalue weighted by Crippen LogP contribution is -2.48. The van der Waals surface area contributed by atoms with Gasteiger partial charge < -0.3 is 15.4 Å². The Kier molecular flexibility index (Phi) is 10.8. The molecule has 1 fully saturated rings. The lowest BCUT2D eigenvalue weighted by atomic mass is 9.99. The first-order valence-corrected chi connectivity index (χ1v) is 9.94. The van der Waals surface area contributed by atoms with Crippen molar-refractivity contribution in [1.29, 1.82) is 0 Å². The van der Waals surface area contributed by atoms with E-state index in [9.17, 15) is 0 Å². The van der Waals surface area contributed by atoms with Gasteiger partial charge in [-0.1, -0.05) is 38.1 Å². The fourth-order valence-electron chi connectivity index (χ4n) is 3.14. The molecule has 0 unspecified atom stereocenters. The topological polar surface area (TPSA) is 45.7 Å². The average molecular weight is 477 g/mol. The number of ether oxygens (including phenoxy) is 1. The number of aliphatic imine (C=N–C) groups is 1. The van der Waals surface area contributed by atoms with Crippen LogP contribution in [0.25, 0.3) is 0 Å². The van der Waals surface area contributed by atoms with Gasteiger partial charge in [-0.3, -0.25) is 4.99 Å². The Labute approximate surface area is 174 Å². The Morgan fingerprint density at radius 3 is 2.44 bits per heavy atom. The molecular formula is C19H32IN3OS. The van der Waals surface area contributed by atoms with Crippen LogP contribution in [0.2, 0.25) is 0 Å². The zero-order valence-corrected chi connectivity index (χ0v) is 18.8. The Bertz CT molecular complexity index is 528. The van der Waals surface area contributed by atoms with Gasteiger partial charge in [-0.05, 0) is 36.1 Å². The fourth-order valence-corrected chi connectivity index (χ4v) is 4.38. The minimum Gasteiger partial charge on any atom is -0.381 e. The monoisotopic (exact) mass is 477 g/mol. The van der Waals surface area contributed by atoms with E-state index >= 15 is 0 Å². The SMILES string of the molecule is CCSC1(CNC(=NC)NCc2ccccc2CC)CCOCC1.I. The largest absolute Gasteiger partial charge is 0.381 e. The molecule has 0 bridgehead atoms. The molecule has 2 rings (SSSR count). The maximum Gasteiger partial charge on any atom is 0.191 e. The molecule has 0 aliphatic carbocycles. The van der Waals surface area contributed by atoms with Crippen molar-refractivity contribution in [2.75, 3.05) is 32.6 Å². The van der Waals surface area contributed by atoms with Crippen molar-refractivity contribution >= 4 is 41.7 Å². The van der Waals surface area contributed by atoms with Gasteiger partial charge in [0.25, 0.3) is 0 Å². The molecule has 1 aromatic carbocycles. The van der Waals surface area contributed by atoms with Gasteiger partial charge in [0, 0.05) is 38.1 Å². The van der Waals surface area contributed by atoms with E-state index in [2.05, 4.69) is 53.7 Å². The predicted molar refractivity (Wildman–Crippen MR) is 120 cm³/mol. The van der Waals surface area contributed by atoms with Crippen molar-refractivity contribution in [2.45, 2.75) is 44.4 Å². The second-order valence-electron chi connectivity index (χ2n) is 6.13. The van der Waals surface area contributed by atoms with Crippen LogP contribution in [0.5, 0.6) is 0 Å². The Morgan fingerprint density at radius 2 is 1.84 bits per heavy atom. The molecule has 6 heteroatoms. The molecule has 1 aromatic rings. The van der Waals surface area contributed by atoms with Gasteiger partial charge >= 0.3 is 0 Å². The second kappa shape index (κ2) is 12.0. The molecule has 0 atom stereocenters. The smallest absolute Gasteiger partial charge is 0.191 e. The summed E-state index contributed by atoms with van der Waals surface area (Å²) in [6.45, 7) is 7.90. The van der Waals surface area contributed by atoms with Crippen LogP contribution in [0, 0.1) is 0 Å². The van der Waals surface area contributed by atoms with Crippen molar-refractivity contribution in [2.24, 2.45) is 4.99 Å². The molecule has 0 radical (unpaired) electrons. The minimum atomic E-state index is 0. The van der Waals surface area contributed by atoms with E-state index < -0.39 is 0 Å². The van der Waals surface area contributed by atoms with Gasteiger partial charge in [0.1, 0.15) is 0 Å². The highest BCUT2D eigenvalue weighted by Gasteiger charge is 2.32. The summed E-state index contributed by atoms with van der Waals surface area (Å²) < 4.78 is 5.82. The van der Waals surface area contributed by atoms with Gasteiger partial charge in [0.2, 0.25) is 0 Å². The van der Waals surface area contributed by atoms with Crippen LogP contribution in [-0.4, -0.2) is 43.3 Å². The van der Waals surface area contributed by atoms with Crippen LogP contribution in [0.1, 0.15) is 37.8 Å². The summed E-state index contributed by atoms with van der Waals surface area (Å²) in [6.07, 6.45) is 3.27. The van der Waals surface area contributed by atoms with E-state index in [1.165, 1.54) is 11.1 Å². The summed E-state index contributed by atoms with van der Waals surface area (Å²) in [5, 5.41) is 6.99. The van der Waals surface area contributed by atoms with Crippen LogP contribution in [0.15, 0.2) is 29.3 Å². The number of benzene rings is 1. The van der Waals surface area contributed by atoms with Gasteiger partial charge in [-0.15, -0.1) is 24.0 Å². The molecule has 0 spiro atoms. The third kappa shape index (κ3) is 6.98. The molecule has 2 N–H and O–H groups in total. The number of rotatable bonds is 7. The molecule has 1 heterocycles. The van der Waals surface area contributed by atoms with E-state index in [4.69, 9.17) is 4.74 Å². The predicted octanol–water partition coefficient (Wildman–Crippen LogP) is 3.83. The van der Waals surface area contributed by atoms with Crippen LogP contribution in [0.3, 0.4) is 0 Å². The van der Waals surface area contributed by atoms with Crippen LogP contribution in [0.4, 0.5) is 0 Å². The van der Waals surface area contributed by atoms with Crippen molar-refractivity contribution < 1.29 is 4.74 Å². The maximum absolute atomic E-state index is 5.55. The molecule has 0 saturated carbocycles. The van der Waals surface area contributed by atoms with Crippen LogP contribution in [-0.2, 0) is 17.7 Å². The first kappa shape index (κ1) is 22.6. The van der Waals surface area contributed by atoms with E-state index in [0.29, 0.717) is 0 Å². The molecule has 25 heavy (non-hydrogen) atoms. The Hall–Kier alpha value is -0.470. The van der Waals surface area contributed by atoms with Crippen LogP contribution >= 0.6 is 35.7 Å². The number of halogens is 1. The van der Waals surface area contributed by atoms with Gasteiger partial charge in [0.15, 0.2) is 5.96 Å². The first-order chi connectivity index (χ1) is 11.7. The summed E-state index contributed by atoms with van der Waals surface area (Å²) in [5.74, 6) is 2.01. The van der Waals surface area contributed by atoms with E-state index in [-0.39, 0.29) is 28.7 Å². The number of guanidine groups is 1. The van der Waals surface area contributed by atoms with E-state index in [1.807, 2.05) is 18.8 Å². The third-order valence-electron chi connectivity index (χ3n) is 4.60. The number of nitrogens with one attached hydrogen (secondary N) is 2. The van der Waals surface area contributed by atoms with E-state index in [1.54, 1.807) is 0 Å². The molecule has 0 amide bonds. The average Bonchev–Trinajstić information content (AvgIpc) is 2.63. The second-order valence-corrected chi connectivity index (χ2v) is 7.86. The number of hydrogen-bond acceptors (Lipinski definition) is 3.